The van der Waals surface area contributed by atoms with Crippen molar-refractivity contribution in [3.8, 4) is 0 Å². The molecule has 3 amide bonds. The Labute approximate surface area is 162 Å². The van der Waals surface area contributed by atoms with Crippen molar-refractivity contribution in [2.75, 3.05) is 13.1 Å². The number of hydrogen-bond acceptors (Lipinski definition) is 3. The minimum atomic E-state index is -0.411. The summed E-state index contributed by atoms with van der Waals surface area (Å²) < 4.78 is 13.2. The van der Waals surface area contributed by atoms with Gasteiger partial charge in [-0.3, -0.25) is 19.3 Å². The number of fused-ring (bicyclic) bond motifs is 1. The van der Waals surface area contributed by atoms with Crippen LogP contribution in [0.25, 0.3) is 0 Å². The number of carbonyl (C=O) groups excluding carboxylic acids is 3. The lowest BCUT2D eigenvalue weighted by Gasteiger charge is -2.25. The van der Waals surface area contributed by atoms with Gasteiger partial charge in [0.1, 0.15) is 5.82 Å². The van der Waals surface area contributed by atoms with Crippen molar-refractivity contribution in [3.05, 3.63) is 83.2 Å². The molecule has 6 heteroatoms. The van der Waals surface area contributed by atoms with Gasteiger partial charge >= 0.3 is 0 Å². The van der Waals surface area contributed by atoms with E-state index in [1.54, 1.807) is 23.1 Å². The van der Waals surface area contributed by atoms with E-state index in [1.165, 1.54) is 30.3 Å². The number of carbonyl (C=O) groups is 3. The zero-order valence-electron chi connectivity index (χ0n) is 15.2. The van der Waals surface area contributed by atoms with Crippen LogP contribution in [0, 0.1) is 5.82 Å². The first-order valence-electron chi connectivity index (χ1n) is 9.19. The fraction of sp³-hybridized carbons (Fsp3) is 0.227. The van der Waals surface area contributed by atoms with Crippen LogP contribution in [0.15, 0.2) is 55.1 Å². The molecule has 142 valence electrons. The number of halogens is 1. The van der Waals surface area contributed by atoms with Gasteiger partial charge in [-0.25, -0.2) is 4.39 Å². The van der Waals surface area contributed by atoms with Gasteiger partial charge in [-0.15, -0.1) is 6.58 Å². The number of imide groups is 1. The van der Waals surface area contributed by atoms with E-state index in [-0.39, 0.29) is 35.8 Å². The van der Waals surface area contributed by atoms with E-state index < -0.39 is 5.91 Å². The summed E-state index contributed by atoms with van der Waals surface area (Å²) in [6, 6.07) is 10.7. The third-order valence-electron chi connectivity index (χ3n) is 5.30. The average Bonchev–Trinajstić information content (AvgIpc) is 3.28. The highest BCUT2D eigenvalue weighted by molar-refractivity contribution is 6.22. The molecule has 2 aliphatic rings. The Morgan fingerprint density at radius 1 is 1.11 bits per heavy atom. The van der Waals surface area contributed by atoms with Crippen LogP contribution in [0.3, 0.4) is 0 Å². The molecule has 2 aromatic carbocycles. The SMILES string of the molecule is C=CCN1C(=O)c2ccc(C(=O)N3CCC[C@H]3c3ccc(F)cc3)cc2C1=O. The summed E-state index contributed by atoms with van der Waals surface area (Å²) in [5, 5.41) is 0. The molecule has 0 unspecified atom stereocenters. The molecule has 4 rings (SSSR count). The fourth-order valence-corrected chi connectivity index (χ4v) is 3.93. The summed E-state index contributed by atoms with van der Waals surface area (Å²) in [6.45, 7) is 4.29. The molecule has 1 fully saturated rings. The van der Waals surface area contributed by atoms with Crippen LogP contribution < -0.4 is 0 Å². The van der Waals surface area contributed by atoms with Gasteiger partial charge in [-0.2, -0.15) is 0 Å². The maximum atomic E-state index is 13.2. The van der Waals surface area contributed by atoms with E-state index in [0.29, 0.717) is 17.7 Å². The normalized spacial score (nSPS) is 18.5. The summed E-state index contributed by atoms with van der Waals surface area (Å²) in [6.07, 6.45) is 3.14. The highest BCUT2D eigenvalue weighted by Crippen LogP contribution is 2.34. The van der Waals surface area contributed by atoms with Crippen LogP contribution in [0.2, 0.25) is 0 Å². The number of likely N-dealkylation sites (tertiary alicyclic amines) is 1. The molecule has 0 aromatic heterocycles. The average molecular weight is 378 g/mol. The predicted molar refractivity (Wildman–Crippen MR) is 101 cm³/mol. The first-order chi connectivity index (χ1) is 13.5. The third kappa shape index (κ3) is 2.91. The highest BCUT2D eigenvalue weighted by Gasteiger charge is 2.36. The van der Waals surface area contributed by atoms with Gasteiger partial charge in [0.2, 0.25) is 0 Å². The quantitative estimate of drug-likeness (QED) is 0.604. The molecule has 1 atom stereocenters. The summed E-state index contributed by atoms with van der Waals surface area (Å²) >= 11 is 0. The van der Waals surface area contributed by atoms with Crippen LogP contribution in [0.4, 0.5) is 4.39 Å². The Balaban J connectivity index is 1.62. The van der Waals surface area contributed by atoms with E-state index in [0.717, 1.165) is 23.3 Å². The molecule has 5 nitrogen and oxygen atoms in total. The molecule has 2 heterocycles. The topological polar surface area (TPSA) is 57.7 Å². The lowest BCUT2D eigenvalue weighted by Crippen LogP contribution is -2.31. The molecule has 28 heavy (non-hydrogen) atoms. The van der Waals surface area contributed by atoms with Crippen LogP contribution in [-0.4, -0.2) is 40.6 Å². The number of hydrogen-bond donors (Lipinski definition) is 0. The van der Waals surface area contributed by atoms with Crippen molar-refractivity contribution < 1.29 is 18.8 Å². The second-order valence-corrected chi connectivity index (χ2v) is 6.98. The summed E-state index contributed by atoms with van der Waals surface area (Å²) in [5.41, 5.74) is 1.81. The fourth-order valence-electron chi connectivity index (χ4n) is 3.93. The smallest absolute Gasteiger partial charge is 0.261 e. The molecular weight excluding hydrogens is 359 g/mol. The minimum Gasteiger partial charge on any atom is -0.332 e. The van der Waals surface area contributed by atoms with Crippen LogP contribution in [0.1, 0.15) is 55.5 Å². The number of benzene rings is 2. The monoisotopic (exact) mass is 378 g/mol. The van der Waals surface area contributed by atoms with Gasteiger partial charge in [0.15, 0.2) is 0 Å². The van der Waals surface area contributed by atoms with E-state index in [2.05, 4.69) is 6.58 Å². The van der Waals surface area contributed by atoms with Gasteiger partial charge in [-0.1, -0.05) is 18.2 Å². The summed E-state index contributed by atoms with van der Waals surface area (Å²) in [5.74, 6) is -1.29. The number of amides is 3. The molecule has 0 spiro atoms. The zero-order valence-corrected chi connectivity index (χ0v) is 15.2. The summed E-state index contributed by atoms with van der Waals surface area (Å²) in [7, 11) is 0. The molecule has 0 bridgehead atoms. The molecule has 2 aliphatic heterocycles. The number of rotatable bonds is 4. The highest BCUT2D eigenvalue weighted by atomic mass is 19.1. The molecule has 0 saturated carbocycles. The van der Waals surface area contributed by atoms with Gasteiger partial charge in [0, 0.05) is 18.7 Å². The minimum absolute atomic E-state index is 0.129. The maximum absolute atomic E-state index is 13.2. The van der Waals surface area contributed by atoms with E-state index in [9.17, 15) is 18.8 Å². The first kappa shape index (κ1) is 18.1. The van der Waals surface area contributed by atoms with Gasteiger partial charge in [0.05, 0.1) is 17.2 Å². The molecule has 0 radical (unpaired) electrons. The lowest BCUT2D eigenvalue weighted by atomic mass is 10.0. The molecule has 0 N–H and O–H groups in total. The molecular formula is C22H19FN2O3. The molecule has 2 aromatic rings. The zero-order chi connectivity index (χ0) is 19.8. The predicted octanol–water partition coefficient (Wildman–Crippen LogP) is 3.59. The second-order valence-electron chi connectivity index (χ2n) is 6.98. The van der Waals surface area contributed by atoms with Crippen molar-refractivity contribution in [2.45, 2.75) is 18.9 Å². The van der Waals surface area contributed by atoms with Gasteiger partial charge in [-0.05, 0) is 48.7 Å². The van der Waals surface area contributed by atoms with Crippen molar-refractivity contribution in [2.24, 2.45) is 0 Å². The van der Waals surface area contributed by atoms with Crippen LogP contribution in [-0.2, 0) is 0 Å². The Kier molecular flexibility index (Phi) is 4.55. The van der Waals surface area contributed by atoms with Gasteiger partial charge in [0.25, 0.3) is 17.7 Å². The Morgan fingerprint density at radius 3 is 2.54 bits per heavy atom. The molecule has 1 saturated heterocycles. The Hall–Kier alpha value is -3.28. The Bertz CT molecular complexity index is 984. The van der Waals surface area contributed by atoms with Crippen molar-refractivity contribution in [3.63, 3.8) is 0 Å². The third-order valence-corrected chi connectivity index (χ3v) is 5.30. The standard InChI is InChI=1S/C22H19FN2O3/c1-2-11-25-21(27)17-10-7-15(13-18(17)22(25)28)20(26)24-12-3-4-19(24)14-5-8-16(23)9-6-14/h2,5-10,13,19H,1,3-4,11-12H2/t19-/m0/s1. The summed E-state index contributed by atoms with van der Waals surface area (Å²) in [4.78, 5) is 40.8. The maximum Gasteiger partial charge on any atom is 0.261 e. The van der Waals surface area contributed by atoms with E-state index in [4.69, 9.17) is 0 Å². The van der Waals surface area contributed by atoms with Crippen molar-refractivity contribution in [1.82, 2.24) is 9.80 Å². The molecule has 0 aliphatic carbocycles. The van der Waals surface area contributed by atoms with Gasteiger partial charge < -0.3 is 4.90 Å². The second kappa shape index (κ2) is 7.03. The van der Waals surface area contributed by atoms with Crippen LogP contribution in [0.5, 0.6) is 0 Å². The van der Waals surface area contributed by atoms with E-state index >= 15 is 0 Å². The Morgan fingerprint density at radius 2 is 1.82 bits per heavy atom. The number of nitrogens with zero attached hydrogens (tertiary/aromatic N) is 2. The first-order valence-corrected chi connectivity index (χ1v) is 9.19. The van der Waals surface area contributed by atoms with E-state index in [1.807, 2.05) is 0 Å². The largest absolute Gasteiger partial charge is 0.332 e. The van der Waals surface area contributed by atoms with Crippen LogP contribution >= 0.6 is 0 Å². The van der Waals surface area contributed by atoms with Crippen molar-refractivity contribution >= 4 is 17.7 Å². The van der Waals surface area contributed by atoms with Crippen molar-refractivity contribution in [1.29, 1.82) is 0 Å². The lowest BCUT2D eigenvalue weighted by molar-refractivity contribution is 0.0671.